The Bertz CT molecular complexity index is 705. The molecule has 0 saturated carbocycles. The van der Waals surface area contributed by atoms with Gasteiger partial charge in [0, 0.05) is 4.47 Å². The Balaban J connectivity index is 1.92. The fourth-order valence-corrected chi connectivity index (χ4v) is 2.59. The quantitative estimate of drug-likeness (QED) is 0.758. The molecule has 1 amide bonds. The molecule has 1 aromatic carbocycles. The van der Waals surface area contributed by atoms with E-state index in [2.05, 4.69) is 26.4 Å². The summed E-state index contributed by atoms with van der Waals surface area (Å²) >= 11 is 3.38. The SMILES string of the molecule is CC[C@H](NC(=O)COC(=O)c1c(C)noc1C)c1ccc(Br)cc1. The van der Waals surface area contributed by atoms with Crippen LogP contribution in [0.3, 0.4) is 0 Å². The van der Waals surface area contributed by atoms with Crippen LogP contribution in [0.4, 0.5) is 0 Å². The van der Waals surface area contributed by atoms with Gasteiger partial charge in [0.1, 0.15) is 11.3 Å². The van der Waals surface area contributed by atoms with Gasteiger partial charge in [0.25, 0.3) is 5.91 Å². The smallest absolute Gasteiger partial charge is 0.344 e. The second kappa shape index (κ2) is 8.10. The van der Waals surface area contributed by atoms with Crippen molar-refractivity contribution in [1.82, 2.24) is 10.5 Å². The number of hydrogen-bond donors (Lipinski definition) is 1. The van der Waals surface area contributed by atoms with E-state index in [0.29, 0.717) is 11.5 Å². The van der Waals surface area contributed by atoms with Gasteiger partial charge in [-0.3, -0.25) is 4.79 Å². The Morgan fingerprint density at radius 2 is 1.96 bits per heavy atom. The van der Waals surface area contributed by atoms with E-state index in [1.165, 1.54) is 0 Å². The van der Waals surface area contributed by atoms with Gasteiger partial charge in [0.05, 0.1) is 11.7 Å². The minimum Gasteiger partial charge on any atom is -0.452 e. The van der Waals surface area contributed by atoms with Crippen LogP contribution in [-0.4, -0.2) is 23.6 Å². The highest BCUT2D eigenvalue weighted by Crippen LogP contribution is 2.19. The van der Waals surface area contributed by atoms with Crippen molar-refractivity contribution < 1.29 is 18.8 Å². The number of nitrogens with one attached hydrogen (secondary N) is 1. The van der Waals surface area contributed by atoms with Crippen molar-refractivity contribution in [2.75, 3.05) is 6.61 Å². The molecule has 1 aromatic heterocycles. The molecule has 24 heavy (non-hydrogen) atoms. The van der Waals surface area contributed by atoms with E-state index >= 15 is 0 Å². The van der Waals surface area contributed by atoms with Crippen molar-refractivity contribution in [1.29, 1.82) is 0 Å². The Kier molecular flexibility index (Phi) is 6.14. The molecule has 0 aliphatic heterocycles. The zero-order valence-corrected chi connectivity index (χ0v) is 15.3. The Labute approximate surface area is 148 Å². The lowest BCUT2D eigenvalue weighted by molar-refractivity contribution is -0.125. The zero-order chi connectivity index (χ0) is 17.7. The Morgan fingerprint density at radius 3 is 2.50 bits per heavy atom. The molecule has 0 unspecified atom stereocenters. The molecule has 0 spiro atoms. The second-order valence-electron chi connectivity index (χ2n) is 5.36. The lowest BCUT2D eigenvalue weighted by Crippen LogP contribution is -2.32. The number of aromatic nitrogens is 1. The van der Waals surface area contributed by atoms with Crippen molar-refractivity contribution >= 4 is 27.8 Å². The maximum atomic E-state index is 12.1. The summed E-state index contributed by atoms with van der Waals surface area (Å²) in [6.45, 7) is 4.89. The molecule has 2 aromatic rings. The van der Waals surface area contributed by atoms with Gasteiger partial charge in [0.15, 0.2) is 6.61 Å². The normalized spacial score (nSPS) is 11.8. The monoisotopic (exact) mass is 394 g/mol. The first kappa shape index (κ1) is 18.2. The van der Waals surface area contributed by atoms with E-state index < -0.39 is 5.97 Å². The third-order valence-electron chi connectivity index (χ3n) is 3.59. The van der Waals surface area contributed by atoms with Gasteiger partial charge in [-0.05, 0) is 38.0 Å². The number of amides is 1. The lowest BCUT2D eigenvalue weighted by atomic mass is 10.0. The molecule has 0 radical (unpaired) electrons. The maximum Gasteiger partial charge on any atom is 0.344 e. The van der Waals surface area contributed by atoms with Crippen LogP contribution in [0.15, 0.2) is 33.3 Å². The van der Waals surface area contributed by atoms with Gasteiger partial charge in [0.2, 0.25) is 0 Å². The summed E-state index contributed by atoms with van der Waals surface area (Å²) in [5.41, 5.74) is 1.70. The number of aryl methyl sites for hydroxylation is 2. The largest absolute Gasteiger partial charge is 0.452 e. The predicted molar refractivity (Wildman–Crippen MR) is 91.6 cm³/mol. The van der Waals surface area contributed by atoms with Crippen LogP contribution in [0, 0.1) is 13.8 Å². The minimum absolute atomic E-state index is 0.136. The van der Waals surface area contributed by atoms with Crippen LogP contribution in [0.25, 0.3) is 0 Å². The number of halogens is 1. The fraction of sp³-hybridized carbons (Fsp3) is 0.353. The molecule has 0 saturated heterocycles. The average Bonchev–Trinajstić information content (AvgIpc) is 2.90. The molecule has 0 aliphatic carbocycles. The number of benzene rings is 1. The molecular weight excluding hydrogens is 376 g/mol. The lowest BCUT2D eigenvalue weighted by Gasteiger charge is -2.17. The molecule has 1 atom stereocenters. The van der Waals surface area contributed by atoms with Gasteiger partial charge in [-0.2, -0.15) is 0 Å². The molecule has 0 aliphatic rings. The maximum absolute atomic E-state index is 12.1. The van der Waals surface area contributed by atoms with E-state index in [1.54, 1.807) is 13.8 Å². The van der Waals surface area contributed by atoms with Crippen molar-refractivity contribution in [3.8, 4) is 0 Å². The summed E-state index contributed by atoms with van der Waals surface area (Å²) in [7, 11) is 0. The third kappa shape index (κ3) is 4.44. The summed E-state index contributed by atoms with van der Waals surface area (Å²) in [5, 5.41) is 6.55. The topological polar surface area (TPSA) is 81.4 Å². The summed E-state index contributed by atoms with van der Waals surface area (Å²) in [6.07, 6.45) is 0.727. The molecule has 128 valence electrons. The van der Waals surface area contributed by atoms with Crippen LogP contribution < -0.4 is 5.32 Å². The van der Waals surface area contributed by atoms with Crippen molar-refractivity contribution in [3.63, 3.8) is 0 Å². The third-order valence-corrected chi connectivity index (χ3v) is 4.12. The first-order chi connectivity index (χ1) is 11.4. The Morgan fingerprint density at radius 1 is 1.29 bits per heavy atom. The molecular formula is C17H19BrN2O4. The number of carbonyl (C=O) groups is 2. The van der Waals surface area contributed by atoms with Gasteiger partial charge in [-0.15, -0.1) is 0 Å². The zero-order valence-electron chi connectivity index (χ0n) is 13.8. The van der Waals surface area contributed by atoms with Crippen LogP contribution in [0.1, 0.15) is 46.8 Å². The van der Waals surface area contributed by atoms with Gasteiger partial charge in [-0.25, -0.2) is 4.79 Å². The predicted octanol–water partition coefficient (Wildman–Crippen LogP) is 3.48. The highest BCUT2D eigenvalue weighted by Gasteiger charge is 2.20. The van der Waals surface area contributed by atoms with Crippen LogP contribution >= 0.6 is 15.9 Å². The number of ether oxygens (including phenoxy) is 1. The van der Waals surface area contributed by atoms with Crippen molar-refractivity contribution in [2.24, 2.45) is 0 Å². The summed E-state index contributed by atoms with van der Waals surface area (Å²) < 4.78 is 10.9. The summed E-state index contributed by atoms with van der Waals surface area (Å²) in [6, 6.07) is 7.58. The first-order valence-corrected chi connectivity index (χ1v) is 8.36. The molecule has 6 nitrogen and oxygen atoms in total. The van der Waals surface area contributed by atoms with E-state index in [1.807, 2.05) is 31.2 Å². The van der Waals surface area contributed by atoms with Crippen LogP contribution in [0.2, 0.25) is 0 Å². The van der Waals surface area contributed by atoms with E-state index in [4.69, 9.17) is 9.26 Å². The van der Waals surface area contributed by atoms with Crippen LogP contribution in [-0.2, 0) is 9.53 Å². The molecule has 7 heteroatoms. The van der Waals surface area contributed by atoms with Gasteiger partial charge >= 0.3 is 5.97 Å². The minimum atomic E-state index is -0.613. The van der Waals surface area contributed by atoms with Crippen LogP contribution in [0.5, 0.6) is 0 Å². The van der Waals surface area contributed by atoms with Crippen molar-refractivity contribution in [2.45, 2.75) is 33.2 Å². The molecule has 2 rings (SSSR count). The first-order valence-electron chi connectivity index (χ1n) is 7.57. The second-order valence-corrected chi connectivity index (χ2v) is 6.27. The van der Waals surface area contributed by atoms with Gasteiger partial charge < -0.3 is 14.6 Å². The van der Waals surface area contributed by atoms with Crippen molar-refractivity contribution in [3.05, 3.63) is 51.3 Å². The Hall–Kier alpha value is -2.15. The highest BCUT2D eigenvalue weighted by atomic mass is 79.9. The molecule has 0 bridgehead atoms. The fourth-order valence-electron chi connectivity index (χ4n) is 2.33. The average molecular weight is 395 g/mol. The highest BCUT2D eigenvalue weighted by molar-refractivity contribution is 9.10. The number of carbonyl (C=O) groups excluding carboxylic acids is 2. The van der Waals surface area contributed by atoms with E-state index in [0.717, 1.165) is 16.5 Å². The molecule has 1 heterocycles. The molecule has 1 N–H and O–H groups in total. The van der Waals surface area contributed by atoms with E-state index in [9.17, 15) is 9.59 Å². The molecule has 0 fully saturated rings. The number of esters is 1. The summed E-state index contributed by atoms with van der Waals surface area (Å²) in [4.78, 5) is 24.1. The standard InChI is InChI=1S/C17H19BrN2O4/c1-4-14(12-5-7-13(18)8-6-12)19-15(21)9-23-17(22)16-10(2)20-24-11(16)3/h5-8,14H,4,9H2,1-3H3,(H,19,21)/t14-/m0/s1. The summed E-state index contributed by atoms with van der Waals surface area (Å²) in [5.74, 6) is -0.595. The number of rotatable bonds is 6. The van der Waals surface area contributed by atoms with Gasteiger partial charge in [-0.1, -0.05) is 40.1 Å². The number of hydrogen-bond acceptors (Lipinski definition) is 5. The van der Waals surface area contributed by atoms with E-state index in [-0.39, 0.29) is 24.1 Å². The number of nitrogens with zero attached hydrogens (tertiary/aromatic N) is 1.